The molecule has 2 heterocycles. The third kappa shape index (κ3) is 3.07. The number of aromatic nitrogens is 2. The van der Waals surface area contributed by atoms with Crippen LogP contribution in [0.4, 0.5) is 5.82 Å². The molecule has 17 heavy (non-hydrogen) atoms. The van der Waals surface area contributed by atoms with Crippen molar-refractivity contribution in [2.24, 2.45) is 0 Å². The van der Waals surface area contributed by atoms with E-state index in [2.05, 4.69) is 15.5 Å². The van der Waals surface area contributed by atoms with Crippen molar-refractivity contribution >= 4 is 23.1 Å². The minimum atomic E-state index is -0.0712. The van der Waals surface area contributed by atoms with Gasteiger partial charge >= 0.3 is 0 Å². The zero-order valence-electron chi connectivity index (χ0n) is 9.61. The molecule has 0 aliphatic heterocycles. The van der Waals surface area contributed by atoms with Gasteiger partial charge in [-0.1, -0.05) is 0 Å². The van der Waals surface area contributed by atoms with Crippen LogP contribution in [-0.2, 0) is 11.2 Å². The standard InChI is InChI=1S/C11H13N3O2S/c1-7-3-8(17-6-7)4-10(15)12-9-5-11(16-2)14-13-9/h3,5-6H,4H2,1-2H3,(H2,12,13,14,15). The topological polar surface area (TPSA) is 67.0 Å². The average molecular weight is 251 g/mol. The number of anilines is 1. The van der Waals surface area contributed by atoms with Crippen molar-refractivity contribution in [3.63, 3.8) is 0 Å². The van der Waals surface area contributed by atoms with Gasteiger partial charge < -0.3 is 10.1 Å². The third-order valence-electron chi connectivity index (χ3n) is 2.16. The summed E-state index contributed by atoms with van der Waals surface area (Å²) in [6.07, 6.45) is 0.375. The fourth-order valence-corrected chi connectivity index (χ4v) is 2.28. The molecule has 0 fully saturated rings. The monoisotopic (exact) mass is 251 g/mol. The molecule has 0 aliphatic rings. The van der Waals surface area contributed by atoms with Crippen LogP contribution in [0.15, 0.2) is 17.5 Å². The Labute approximate surface area is 103 Å². The van der Waals surface area contributed by atoms with Crippen LogP contribution in [0.25, 0.3) is 0 Å². The molecule has 0 radical (unpaired) electrons. The van der Waals surface area contributed by atoms with Crippen LogP contribution in [0.1, 0.15) is 10.4 Å². The van der Waals surface area contributed by atoms with Gasteiger partial charge in [0.15, 0.2) is 0 Å². The van der Waals surface area contributed by atoms with Crippen molar-refractivity contribution < 1.29 is 9.53 Å². The van der Waals surface area contributed by atoms with Crippen LogP contribution in [0, 0.1) is 6.92 Å². The van der Waals surface area contributed by atoms with Gasteiger partial charge in [-0.05, 0) is 23.9 Å². The summed E-state index contributed by atoms with van der Waals surface area (Å²) >= 11 is 1.59. The largest absolute Gasteiger partial charge is 0.480 e. The van der Waals surface area contributed by atoms with E-state index < -0.39 is 0 Å². The summed E-state index contributed by atoms with van der Waals surface area (Å²) in [5.41, 5.74) is 1.18. The summed E-state index contributed by atoms with van der Waals surface area (Å²) in [7, 11) is 1.52. The lowest BCUT2D eigenvalue weighted by molar-refractivity contribution is -0.115. The van der Waals surface area contributed by atoms with E-state index in [9.17, 15) is 4.79 Å². The highest BCUT2D eigenvalue weighted by atomic mass is 32.1. The molecule has 1 amide bonds. The fraction of sp³-hybridized carbons (Fsp3) is 0.273. The average Bonchev–Trinajstić information content (AvgIpc) is 2.88. The summed E-state index contributed by atoms with van der Waals surface area (Å²) < 4.78 is 4.91. The predicted octanol–water partition coefficient (Wildman–Crippen LogP) is 1.97. The van der Waals surface area contributed by atoms with Gasteiger partial charge in [0.2, 0.25) is 11.8 Å². The third-order valence-corrected chi connectivity index (χ3v) is 3.21. The summed E-state index contributed by atoms with van der Waals surface area (Å²) in [5.74, 6) is 0.922. The Bertz CT molecular complexity index is 518. The molecule has 0 aromatic carbocycles. The van der Waals surface area contributed by atoms with Crippen molar-refractivity contribution in [1.29, 1.82) is 0 Å². The molecule has 0 aliphatic carbocycles. The first-order valence-corrected chi connectivity index (χ1v) is 5.98. The summed E-state index contributed by atoms with van der Waals surface area (Å²) in [6, 6.07) is 3.65. The molecule has 0 saturated carbocycles. The smallest absolute Gasteiger partial charge is 0.234 e. The van der Waals surface area contributed by atoms with Crippen LogP contribution >= 0.6 is 11.3 Å². The number of aromatic amines is 1. The van der Waals surface area contributed by atoms with Gasteiger partial charge in [0.25, 0.3) is 0 Å². The second-order valence-corrected chi connectivity index (χ2v) is 4.64. The van der Waals surface area contributed by atoms with Gasteiger partial charge in [-0.25, -0.2) is 0 Å². The van der Waals surface area contributed by atoms with Gasteiger partial charge in [-0.3, -0.25) is 9.89 Å². The van der Waals surface area contributed by atoms with Crippen molar-refractivity contribution in [2.45, 2.75) is 13.3 Å². The van der Waals surface area contributed by atoms with E-state index >= 15 is 0 Å². The van der Waals surface area contributed by atoms with Gasteiger partial charge in [-0.2, -0.15) is 0 Å². The van der Waals surface area contributed by atoms with E-state index in [1.54, 1.807) is 17.4 Å². The molecule has 0 saturated heterocycles. The van der Waals surface area contributed by atoms with Crippen LogP contribution in [0.3, 0.4) is 0 Å². The maximum absolute atomic E-state index is 11.7. The molecule has 90 valence electrons. The quantitative estimate of drug-likeness (QED) is 0.873. The van der Waals surface area contributed by atoms with E-state index in [0.29, 0.717) is 18.1 Å². The number of nitrogens with one attached hydrogen (secondary N) is 2. The first-order valence-electron chi connectivity index (χ1n) is 5.10. The number of ether oxygens (including phenoxy) is 1. The normalized spacial score (nSPS) is 10.2. The molecular formula is C11H13N3O2S. The number of carbonyl (C=O) groups is 1. The number of rotatable bonds is 4. The summed E-state index contributed by atoms with van der Waals surface area (Å²) in [6.45, 7) is 2.01. The Morgan fingerprint density at radius 2 is 2.41 bits per heavy atom. The van der Waals surface area contributed by atoms with Gasteiger partial charge in [-0.15, -0.1) is 16.4 Å². The Balaban J connectivity index is 1.93. The zero-order valence-corrected chi connectivity index (χ0v) is 10.4. The molecule has 0 atom stereocenters. The number of hydrogen-bond acceptors (Lipinski definition) is 4. The predicted molar refractivity (Wildman–Crippen MR) is 66.5 cm³/mol. The molecule has 0 unspecified atom stereocenters. The molecule has 0 spiro atoms. The molecular weight excluding hydrogens is 238 g/mol. The lowest BCUT2D eigenvalue weighted by Gasteiger charge is -1.99. The number of amides is 1. The maximum Gasteiger partial charge on any atom is 0.234 e. The molecule has 2 N–H and O–H groups in total. The summed E-state index contributed by atoms with van der Waals surface area (Å²) in [5, 5.41) is 11.3. The zero-order chi connectivity index (χ0) is 12.3. The van der Waals surface area contributed by atoms with E-state index in [1.807, 2.05) is 18.4 Å². The van der Waals surface area contributed by atoms with Gasteiger partial charge in [0.1, 0.15) is 5.82 Å². The van der Waals surface area contributed by atoms with Gasteiger partial charge in [0.05, 0.1) is 13.5 Å². The van der Waals surface area contributed by atoms with Crippen LogP contribution in [-0.4, -0.2) is 23.2 Å². The Morgan fingerprint density at radius 3 is 3.00 bits per heavy atom. The molecule has 2 aromatic rings. The highest BCUT2D eigenvalue weighted by Crippen LogP contribution is 2.16. The molecule has 2 rings (SSSR count). The van der Waals surface area contributed by atoms with Crippen LogP contribution < -0.4 is 10.1 Å². The molecule has 0 bridgehead atoms. The molecule has 6 heteroatoms. The van der Waals surface area contributed by atoms with E-state index in [1.165, 1.54) is 12.7 Å². The molecule has 2 aromatic heterocycles. The Morgan fingerprint density at radius 1 is 1.59 bits per heavy atom. The molecule has 5 nitrogen and oxygen atoms in total. The van der Waals surface area contributed by atoms with Crippen LogP contribution in [0.5, 0.6) is 5.88 Å². The van der Waals surface area contributed by atoms with Crippen molar-refractivity contribution in [2.75, 3.05) is 12.4 Å². The fourth-order valence-electron chi connectivity index (χ4n) is 1.41. The minimum absolute atomic E-state index is 0.0712. The number of aryl methyl sites for hydroxylation is 1. The van der Waals surface area contributed by atoms with Crippen molar-refractivity contribution in [1.82, 2.24) is 10.2 Å². The highest BCUT2D eigenvalue weighted by molar-refractivity contribution is 7.10. The lowest BCUT2D eigenvalue weighted by atomic mass is 10.3. The van der Waals surface area contributed by atoms with E-state index in [4.69, 9.17) is 4.74 Å². The highest BCUT2D eigenvalue weighted by Gasteiger charge is 2.08. The number of carbonyl (C=O) groups excluding carboxylic acids is 1. The summed E-state index contributed by atoms with van der Waals surface area (Å²) in [4.78, 5) is 12.7. The number of H-pyrrole nitrogens is 1. The lowest BCUT2D eigenvalue weighted by Crippen LogP contribution is -2.13. The number of nitrogens with zero attached hydrogens (tertiary/aromatic N) is 1. The first kappa shape index (κ1) is 11.7. The minimum Gasteiger partial charge on any atom is -0.480 e. The Kier molecular flexibility index (Phi) is 3.43. The maximum atomic E-state index is 11.7. The second kappa shape index (κ2) is 5.01. The first-order chi connectivity index (χ1) is 8.17. The SMILES string of the molecule is COc1cc(NC(=O)Cc2cc(C)cs2)[nH]n1. The van der Waals surface area contributed by atoms with Gasteiger partial charge in [0, 0.05) is 10.9 Å². The van der Waals surface area contributed by atoms with Crippen molar-refractivity contribution in [3.8, 4) is 5.88 Å². The number of hydrogen-bond donors (Lipinski definition) is 2. The second-order valence-electron chi connectivity index (χ2n) is 3.64. The van der Waals surface area contributed by atoms with E-state index in [-0.39, 0.29) is 5.91 Å². The number of methoxy groups -OCH3 is 1. The van der Waals surface area contributed by atoms with Crippen LogP contribution in [0.2, 0.25) is 0 Å². The number of thiophene rings is 1. The van der Waals surface area contributed by atoms with Crippen molar-refractivity contribution in [3.05, 3.63) is 28.0 Å². The van der Waals surface area contributed by atoms with E-state index in [0.717, 1.165) is 4.88 Å². The Hall–Kier alpha value is -1.82.